The molecule has 0 atom stereocenters. The molecule has 7 heteroatoms. The van der Waals surface area contributed by atoms with Crippen molar-refractivity contribution in [3.8, 4) is 0 Å². The number of amides is 1. The summed E-state index contributed by atoms with van der Waals surface area (Å²) in [5, 5.41) is 3.43. The van der Waals surface area contributed by atoms with Crippen LogP contribution in [0.1, 0.15) is 38.5 Å². The van der Waals surface area contributed by atoms with Crippen LogP contribution in [0, 0.1) is 0 Å². The molecule has 0 aromatic carbocycles. The number of likely N-dealkylation sites (tertiary alicyclic amines) is 1. The predicted octanol–water partition coefficient (Wildman–Crippen LogP) is 1.58. The molecule has 0 radical (unpaired) electrons. The number of hydrogen-bond acceptors (Lipinski definition) is 6. The SMILES string of the molecule is O=C(CN1CCN(c2cc(NC3CC3)ncn2)CC1)N1CCCCCC1. The average molecular weight is 358 g/mol. The highest BCUT2D eigenvalue weighted by Crippen LogP contribution is 2.25. The molecule has 2 aliphatic heterocycles. The van der Waals surface area contributed by atoms with E-state index in [1.54, 1.807) is 6.33 Å². The number of hydrogen-bond donors (Lipinski definition) is 1. The lowest BCUT2D eigenvalue weighted by Crippen LogP contribution is -2.50. The highest BCUT2D eigenvalue weighted by Gasteiger charge is 2.24. The van der Waals surface area contributed by atoms with Crippen molar-refractivity contribution in [2.45, 2.75) is 44.6 Å². The Balaban J connectivity index is 1.26. The van der Waals surface area contributed by atoms with Gasteiger partial charge in [0, 0.05) is 51.4 Å². The lowest BCUT2D eigenvalue weighted by Gasteiger charge is -2.36. The number of rotatable bonds is 5. The minimum atomic E-state index is 0.304. The van der Waals surface area contributed by atoms with Crippen LogP contribution >= 0.6 is 0 Å². The maximum atomic E-state index is 12.6. The molecule has 0 spiro atoms. The minimum Gasteiger partial charge on any atom is -0.367 e. The number of aromatic nitrogens is 2. The largest absolute Gasteiger partial charge is 0.367 e. The maximum absolute atomic E-state index is 12.6. The van der Waals surface area contributed by atoms with Crippen LogP contribution in [0.3, 0.4) is 0 Å². The van der Waals surface area contributed by atoms with Gasteiger partial charge in [0.1, 0.15) is 18.0 Å². The molecule has 1 aliphatic carbocycles. The van der Waals surface area contributed by atoms with E-state index in [1.807, 2.05) is 0 Å². The van der Waals surface area contributed by atoms with Gasteiger partial charge >= 0.3 is 0 Å². The molecule has 1 amide bonds. The number of nitrogens with one attached hydrogen (secondary N) is 1. The maximum Gasteiger partial charge on any atom is 0.236 e. The number of carbonyl (C=O) groups excluding carboxylic acids is 1. The highest BCUT2D eigenvalue weighted by atomic mass is 16.2. The monoisotopic (exact) mass is 358 g/mol. The van der Waals surface area contributed by atoms with Crippen LogP contribution in [-0.2, 0) is 4.79 Å². The van der Waals surface area contributed by atoms with Gasteiger partial charge in [-0.15, -0.1) is 0 Å². The second-order valence-corrected chi connectivity index (χ2v) is 7.74. The number of anilines is 2. The summed E-state index contributed by atoms with van der Waals surface area (Å²) >= 11 is 0. The smallest absolute Gasteiger partial charge is 0.236 e. The van der Waals surface area contributed by atoms with Crippen molar-refractivity contribution < 1.29 is 4.79 Å². The van der Waals surface area contributed by atoms with Crippen molar-refractivity contribution in [3.63, 3.8) is 0 Å². The van der Waals surface area contributed by atoms with Crippen LogP contribution in [0.2, 0.25) is 0 Å². The number of nitrogens with zero attached hydrogens (tertiary/aromatic N) is 5. The van der Waals surface area contributed by atoms with Gasteiger partial charge in [0.15, 0.2) is 0 Å². The van der Waals surface area contributed by atoms with E-state index in [0.717, 1.165) is 63.7 Å². The van der Waals surface area contributed by atoms with E-state index in [0.29, 0.717) is 18.5 Å². The van der Waals surface area contributed by atoms with Gasteiger partial charge in [-0.2, -0.15) is 0 Å². The number of piperazine rings is 1. The van der Waals surface area contributed by atoms with Gasteiger partial charge in [0.05, 0.1) is 6.54 Å². The fourth-order valence-electron chi connectivity index (χ4n) is 3.78. The molecule has 3 heterocycles. The summed E-state index contributed by atoms with van der Waals surface area (Å²) in [5.41, 5.74) is 0. The van der Waals surface area contributed by atoms with Gasteiger partial charge < -0.3 is 15.1 Å². The first kappa shape index (κ1) is 17.5. The molecule has 1 N–H and O–H groups in total. The van der Waals surface area contributed by atoms with E-state index in [1.165, 1.54) is 25.7 Å². The van der Waals surface area contributed by atoms with Crippen LogP contribution in [0.15, 0.2) is 12.4 Å². The molecule has 1 aromatic heterocycles. The second kappa shape index (κ2) is 8.20. The Kier molecular flexibility index (Phi) is 5.53. The van der Waals surface area contributed by atoms with E-state index in [4.69, 9.17) is 0 Å². The molecule has 4 rings (SSSR count). The van der Waals surface area contributed by atoms with Gasteiger partial charge in [-0.25, -0.2) is 9.97 Å². The van der Waals surface area contributed by atoms with Crippen molar-refractivity contribution in [3.05, 3.63) is 12.4 Å². The summed E-state index contributed by atoms with van der Waals surface area (Å²) in [4.78, 5) is 28.0. The zero-order valence-corrected chi connectivity index (χ0v) is 15.6. The quantitative estimate of drug-likeness (QED) is 0.862. The van der Waals surface area contributed by atoms with Gasteiger partial charge in [-0.05, 0) is 25.7 Å². The Morgan fingerprint density at radius 1 is 1.00 bits per heavy atom. The molecule has 1 saturated carbocycles. The summed E-state index contributed by atoms with van der Waals surface area (Å²) in [6.07, 6.45) is 8.97. The summed E-state index contributed by atoms with van der Waals surface area (Å²) in [6.45, 7) is 6.09. The Morgan fingerprint density at radius 2 is 1.73 bits per heavy atom. The van der Waals surface area contributed by atoms with Crippen LogP contribution < -0.4 is 10.2 Å². The highest BCUT2D eigenvalue weighted by molar-refractivity contribution is 5.78. The first-order chi connectivity index (χ1) is 12.8. The van der Waals surface area contributed by atoms with E-state index in [9.17, 15) is 4.79 Å². The minimum absolute atomic E-state index is 0.304. The number of carbonyl (C=O) groups is 1. The summed E-state index contributed by atoms with van der Waals surface area (Å²) in [7, 11) is 0. The van der Waals surface area contributed by atoms with E-state index >= 15 is 0 Å². The molecule has 7 nitrogen and oxygen atoms in total. The van der Waals surface area contributed by atoms with Crippen LogP contribution in [0.25, 0.3) is 0 Å². The Bertz CT molecular complexity index is 604. The molecule has 1 aromatic rings. The molecule has 2 saturated heterocycles. The first-order valence-electron chi connectivity index (χ1n) is 10.1. The lowest BCUT2D eigenvalue weighted by molar-refractivity contribution is -0.132. The van der Waals surface area contributed by atoms with Crippen LogP contribution in [0.4, 0.5) is 11.6 Å². The summed E-state index contributed by atoms with van der Waals surface area (Å²) in [5.74, 6) is 2.22. The van der Waals surface area contributed by atoms with Crippen LogP contribution in [0.5, 0.6) is 0 Å². The van der Waals surface area contributed by atoms with E-state index in [-0.39, 0.29) is 0 Å². The molecular formula is C19H30N6O. The summed E-state index contributed by atoms with van der Waals surface area (Å²) in [6, 6.07) is 2.65. The van der Waals surface area contributed by atoms with Gasteiger partial charge in [0.2, 0.25) is 5.91 Å². The molecular weight excluding hydrogens is 328 g/mol. The fraction of sp³-hybridized carbons (Fsp3) is 0.737. The first-order valence-corrected chi connectivity index (χ1v) is 10.1. The fourth-order valence-corrected chi connectivity index (χ4v) is 3.78. The molecule has 3 fully saturated rings. The predicted molar refractivity (Wildman–Crippen MR) is 102 cm³/mol. The standard InChI is InChI=1S/C19H30N6O/c26-19(25-7-3-1-2-4-8-25)14-23-9-11-24(12-10-23)18-13-17(20-15-21-18)22-16-5-6-16/h13,15-16H,1-12,14H2,(H,20,21,22). The molecule has 26 heavy (non-hydrogen) atoms. The summed E-state index contributed by atoms with van der Waals surface area (Å²) < 4.78 is 0. The van der Waals surface area contributed by atoms with E-state index in [2.05, 4.69) is 36.1 Å². The van der Waals surface area contributed by atoms with Crippen molar-refractivity contribution in [2.75, 3.05) is 56.0 Å². The van der Waals surface area contributed by atoms with Crippen molar-refractivity contribution in [1.29, 1.82) is 0 Å². The zero-order chi connectivity index (χ0) is 17.8. The molecule has 0 bridgehead atoms. The van der Waals surface area contributed by atoms with Gasteiger partial charge in [-0.1, -0.05) is 12.8 Å². The van der Waals surface area contributed by atoms with Crippen molar-refractivity contribution in [2.24, 2.45) is 0 Å². The molecule has 0 unspecified atom stereocenters. The second-order valence-electron chi connectivity index (χ2n) is 7.74. The third-order valence-corrected chi connectivity index (χ3v) is 5.60. The third-order valence-electron chi connectivity index (χ3n) is 5.60. The molecule has 142 valence electrons. The van der Waals surface area contributed by atoms with Crippen LogP contribution in [-0.4, -0.2) is 77.5 Å². The lowest BCUT2D eigenvalue weighted by atomic mass is 10.2. The van der Waals surface area contributed by atoms with E-state index < -0.39 is 0 Å². The van der Waals surface area contributed by atoms with Gasteiger partial charge in [-0.3, -0.25) is 9.69 Å². The third kappa shape index (κ3) is 4.63. The van der Waals surface area contributed by atoms with Crippen molar-refractivity contribution in [1.82, 2.24) is 19.8 Å². The molecule has 3 aliphatic rings. The normalized spacial score (nSPS) is 22.2. The Labute approximate surface area is 155 Å². The zero-order valence-electron chi connectivity index (χ0n) is 15.6. The Hall–Kier alpha value is -1.89. The Morgan fingerprint density at radius 3 is 2.42 bits per heavy atom. The van der Waals surface area contributed by atoms with Crippen molar-refractivity contribution >= 4 is 17.5 Å². The topological polar surface area (TPSA) is 64.6 Å². The average Bonchev–Trinajstić information content (AvgIpc) is 3.49. The van der Waals surface area contributed by atoms with Gasteiger partial charge in [0.25, 0.3) is 0 Å².